The van der Waals surface area contributed by atoms with E-state index in [0.29, 0.717) is 0 Å². The number of quaternary nitrogens is 1. The highest BCUT2D eigenvalue weighted by Gasteiger charge is 2.34. The van der Waals surface area contributed by atoms with Gasteiger partial charge in [0, 0.05) is 11.8 Å². The average molecular weight is 112 g/mol. The van der Waals surface area contributed by atoms with Crippen molar-refractivity contribution >= 4 is 0 Å². The van der Waals surface area contributed by atoms with E-state index in [0.717, 1.165) is 11.8 Å². The van der Waals surface area contributed by atoms with Gasteiger partial charge in [0.1, 0.15) is 0 Å². The van der Waals surface area contributed by atoms with Gasteiger partial charge in [0.15, 0.2) is 0 Å². The SMILES string of the molecule is C1C[C@@H]2C[NH2+]C[C@H]2C1. The number of rotatable bonds is 0. The third-order valence-corrected chi connectivity index (χ3v) is 2.76. The van der Waals surface area contributed by atoms with Gasteiger partial charge in [0.2, 0.25) is 0 Å². The second-order valence-corrected chi connectivity index (χ2v) is 3.21. The topological polar surface area (TPSA) is 16.6 Å². The fourth-order valence-electron chi connectivity index (χ4n) is 2.26. The van der Waals surface area contributed by atoms with E-state index in [9.17, 15) is 0 Å². The Balaban J connectivity index is 2.04. The van der Waals surface area contributed by atoms with Gasteiger partial charge in [-0.3, -0.25) is 0 Å². The highest BCUT2D eigenvalue weighted by Crippen LogP contribution is 2.31. The molecule has 1 saturated heterocycles. The fourth-order valence-corrected chi connectivity index (χ4v) is 2.26. The Morgan fingerprint density at radius 3 is 2.25 bits per heavy atom. The predicted molar refractivity (Wildman–Crippen MR) is 32.5 cm³/mol. The maximum atomic E-state index is 2.48. The maximum absolute atomic E-state index is 2.48. The standard InChI is InChI=1S/C7H13N/c1-2-6-4-8-5-7(6)3-1/h6-8H,1-5H2/p+1/t6-,7-/m1/s1. The van der Waals surface area contributed by atoms with Gasteiger partial charge in [-0.15, -0.1) is 0 Å². The molecule has 2 atom stereocenters. The highest BCUT2D eigenvalue weighted by atomic mass is 14.9. The Hall–Kier alpha value is -0.0400. The first-order valence-corrected chi connectivity index (χ1v) is 3.78. The van der Waals surface area contributed by atoms with Gasteiger partial charge in [0.05, 0.1) is 13.1 Å². The van der Waals surface area contributed by atoms with Crippen molar-refractivity contribution in [1.82, 2.24) is 0 Å². The van der Waals surface area contributed by atoms with Crippen LogP contribution in [0.25, 0.3) is 0 Å². The zero-order chi connectivity index (χ0) is 5.40. The quantitative estimate of drug-likeness (QED) is 0.453. The third kappa shape index (κ3) is 0.576. The van der Waals surface area contributed by atoms with E-state index in [1.807, 2.05) is 0 Å². The summed E-state index contributed by atoms with van der Waals surface area (Å²) in [4.78, 5) is 0. The molecule has 8 heavy (non-hydrogen) atoms. The van der Waals surface area contributed by atoms with Crippen molar-refractivity contribution in [2.24, 2.45) is 11.8 Å². The Bertz CT molecular complexity index is 70.4. The lowest BCUT2D eigenvalue weighted by Gasteiger charge is -1.98. The average Bonchev–Trinajstić information content (AvgIpc) is 2.15. The summed E-state index contributed by atoms with van der Waals surface area (Å²) in [6.07, 6.45) is 4.57. The third-order valence-electron chi connectivity index (χ3n) is 2.76. The molecule has 1 aliphatic carbocycles. The molecule has 1 heterocycles. The lowest BCUT2D eigenvalue weighted by Crippen LogP contribution is -2.81. The van der Waals surface area contributed by atoms with Crippen molar-refractivity contribution < 1.29 is 5.32 Å². The summed E-state index contributed by atoms with van der Waals surface area (Å²) in [7, 11) is 0. The van der Waals surface area contributed by atoms with Crippen LogP contribution in [0, 0.1) is 11.8 Å². The largest absolute Gasteiger partial charge is 0.346 e. The summed E-state index contributed by atoms with van der Waals surface area (Å²) < 4.78 is 0. The maximum Gasteiger partial charge on any atom is 0.0788 e. The molecule has 1 heteroatoms. The van der Waals surface area contributed by atoms with Gasteiger partial charge < -0.3 is 5.32 Å². The molecule has 0 aromatic rings. The molecule has 1 nitrogen and oxygen atoms in total. The molecule has 0 radical (unpaired) electrons. The molecule has 2 rings (SSSR count). The van der Waals surface area contributed by atoms with E-state index in [4.69, 9.17) is 0 Å². The molecule has 0 bridgehead atoms. The normalized spacial score (nSPS) is 45.0. The summed E-state index contributed by atoms with van der Waals surface area (Å²) in [5, 5.41) is 2.48. The Morgan fingerprint density at radius 1 is 1.00 bits per heavy atom. The lowest BCUT2D eigenvalue weighted by atomic mass is 10.0. The van der Waals surface area contributed by atoms with Crippen LogP contribution < -0.4 is 5.32 Å². The van der Waals surface area contributed by atoms with Crippen molar-refractivity contribution in [3.63, 3.8) is 0 Å². The minimum Gasteiger partial charge on any atom is -0.346 e. The molecular formula is C7H14N+. The minimum absolute atomic E-state index is 1.12. The van der Waals surface area contributed by atoms with Crippen molar-refractivity contribution in [3.8, 4) is 0 Å². The summed E-state index contributed by atoms with van der Waals surface area (Å²) in [5.41, 5.74) is 0. The summed E-state index contributed by atoms with van der Waals surface area (Å²) in [6.45, 7) is 2.87. The Kier molecular flexibility index (Phi) is 1.04. The van der Waals surface area contributed by atoms with E-state index in [-0.39, 0.29) is 0 Å². The number of hydrogen-bond donors (Lipinski definition) is 1. The molecule has 0 spiro atoms. The molecule has 0 unspecified atom stereocenters. The van der Waals surface area contributed by atoms with E-state index < -0.39 is 0 Å². The first-order valence-electron chi connectivity index (χ1n) is 3.78. The van der Waals surface area contributed by atoms with E-state index in [1.165, 1.54) is 32.4 Å². The van der Waals surface area contributed by atoms with Crippen molar-refractivity contribution in [2.45, 2.75) is 19.3 Å². The van der Waals surface area contributed by atoms with Gasteiger partial charge in [-0.1, -0.05) is 6.42 Å². The lowest BCUT2D eigenvalue weighted by molar-refractivity contribution is -0.640. The molecule has 46 valence electrons. The van der Waals surface area contributed by atoms with Crippen LogP contribution in [0.4, 0.5) is 0 Å². The van der Waals surface area contributed by atoms with E-state index in [2.05, 4.69) is 5.32 Å². The van der Waals surface area contributed by atoms with Crippen LogP contribution >= 0.6 is 0 Å². The Morgan fingerprint density at radius 2 is 1.62 bits per heavy atom. The summed E-state index contributed by atoms with van der Waals surface area (Å²) in [5.74, 6) is 2.24. The first-order chi connectivity index (χ1) is 3.97. The van der Waals surface area contributed by atoms with Crippen LogP contribution in [-0.4, -0.2) is 13.1 Å². The molecule has 1 saturated carbocycles. The minimum atomic E-state index is 1.12. The van der Waals surface area contributed by atoms with Gasteiger partial charge in [-0.05, 0) is 12.8 Å². The Labute approximate surface area is 50.5 Å². The van der Waals surface area contributed by atoms with E-state index in [1.54, 1.807) is 0 Å². The first kappa shape index (κ1) is 4.80. The zero-order valence-electron chi connectivity index (χ0n) is 5.27. The smallest absolute Gasteiger partial charge is 0.0788 e. The molecular weight excluding hydrogens is 98.1 g/mol. The number of fused-ring (bicyclic) bond motifs is 1. The van der Waals surface area contributed by atoms with Crippen LogP contribution in [0.1, 0.15) is 19.3 Å². The van der Waals surface area contributed by atoms with Crippen molar-refractivity contribution in [2.75, 3.05) is 13.1 Å². The molecule has 0 amide bonds. The second-order valence-electron chi connectivity index (χ2n) is 3.21. The number of hydrogen-bond acceptors (Lipinski definition) is 0. The second kappa shape index (κ2) is 1.73. The predicted octanol–water partition coefficient (Wildman–Crippen LogP) is -0.0203. The molecule has 2 N–H and O–H groups in total. The van der Waals surface area contributed by atoms with Gasteiger partial charge in [-0.2, -0.15) is 0 Å². The van der Waals surface area contributed by atoms with Gasteiger partial charge in [0.25, 0.3) is 0 Å². The van der Waals surface area contributed by atoms with Crippen molar-refractivity contribution in [1.29, 1.82) is 0 Å². The molecule has 2 aliphatic rings. The summed E-state index contributed by atoms with van der Waals surface area (Å²) in [6, 6.07) is 0. The van der Waals surface area contributed by atoms with Crippen LogP contribution in [0.15, 0.2) is 0 Å². The molecule has 0 aromatic carbocycles. The summed E-state index contributed by atoms with van der Waals surface area (Å²) >= 11 is 0. The van der Waals surface area contributed by atoms with Crippen molar-refractivity contribution in [3.05, 3.63) is 0 Å². The van der Waals surface area contributed by atoms with Crippen LogP contribution in [0.3, 0.4) is 0 Å². The molecule has 0 aromatic heterocycles. The fraction of sp³-hybridized carbons (Fsp3) is 1.00. The highest BCUT2D eigenvalue weighted by molar-refractivity contribution is 4.78. The number of nitrogens with two attached hydrogens (primary N) is 1. The molecule has 2 fully saturated rings. The van der Waals surface area contributed by atoms with Gasteiger partial charge >= 0.3 is 0 Å². The van der Waals surface area contributed by atoms with Crippen LogP contribution in [0.5, 0.6) is 0 Å². The van der Waals surface area contributed by atoms with Gasteiger partial charge in [-0.25, -0.2) is 0 Å². The van der Waals surface area contributed by atoms with E-state index >= 15 is 0 Å². The monoisotopic (exact) mass is 112 g/mol. The molecule has 1 aliphatic heterocycles. The van der Waals surface area contributed by atoms with Crippen LogP contribution in [0.2, 0.25) is 0 Å². The zero-order valence-corrected chi connectivity index (χ0v) is 5.27. The van der Waals surface area contributed by atoms with Crippen LogP contribution in [-0.2, 0) is 0 Å².